The zero-order valence-electron chi connectivity index (χ0n) is 5.66. The van der Waals surface area contributed by atoms with Gasteiger partial charge in [-0.05, 0) is 6.07 Å². The summed E-state index contributed by atoms with van der Waals surface area (Å²) in [5.74, 6) is -0.147. The van der Waals surface area contributed by atoms with Crippen LogP contribution < -0.4 is 5.73 Å². The van der Waals surface area contributed by atoms with E-state index in [9.17, 15) is 4.79 Å². The summed E-state index contributed by atoms with van der Waals surface area (Å²) < 4.78 is 0. The van der Waals surface area contributed by atoms with E-state index in [4.69, 9.17) is 11.1 Å². The van der Waals surface area contributed by atoms with Crippen molar-refractivity contribution in [3.63, 3.8) is 0 Å². The van der Waals surface area contributed by atoms with Crippen molar-refractivity contribution in [3.05, 3.63) is 29.6 Å². The second kappa shape index (κ2) is 2.92. The first-order valence-corrected chi connectivity index (χ1v) is 2.92. The lowest BCUT2D eigenvalue weighted by atomic mass is 10.1. The Labute approximate surface area is 63.6 Å². The Morgan fingerprint density at radius 2 is 2.45 bits per heavy atom. The number of pyridine rings is 1. The number of nitrogens with two attached hydrogens (primary N) is 1. The maximum Gasteiger partial charge on any atom is 0.235 e. The highest BCUT2D eigenvalue weighted by molar-refractivity contribution is 6.01. The minimum absolute atomic E-state index is 0.147. The molecule has 0 aliphatic rings. The number of hydrogen-bond donors (Lipinski definition) is 2. The van der Waals surface area contributed by atoms with Crippen LogP contribution in [0.2, 0.25) is 0 Å². The van der Waals surface area contributed by atoms with Gasteiger partial charge in [0.1, 0.15) is 5.84 Å². The van der Waals surface area contributed by atoms with Gasteiger partial charge in [0.15, 0.2) is 0 Å². The van der Waals surface area contributed by atoms with Crippen LogP contribution in [0.3, 0.4) is 0 Å². The van der Waals surface area contributed by atoms with E-state index >= 15 is 0 Å². The molecule has 0 aromatic carbocycles. The predicted octanol–water partition coefficient (Wildman–Crippen LogP) is -0.177. The average Bonchev–Trinajstić information content (AvgIpc) is 2.04. The van der Waals surface area contributed by atoms with Crippen LogP contribution in [0.25, 0.3) is 0 Å². The molecule has 4 heteroatoms. The summed E-state index contributed by atoms with van der Waals surface area (Å²) >= 11 is 0. The first-order chi connectivity index (χ1) is 5.25. The van der Waals surface area contributed by atoms with Gasteiger partial charge in [0.25, 0.3) is 0 Å². The quantitative estimate of drug-likeness (QED) is 0.451. The molecule has 1 rings (SSSR count). The second-order valence-electron chi connectivity index (χ2n) is 1.94. The normalized spacial score (nSPS) is 9.09. The zero-order chi connectivity index (χ0) is 8.27. The molecule has 0 spiro atoms. The Bertz CT molecular complexity index is 295. The number of nitrogens with one attached hydrogen (secondary N) is 1. The summed E-state index contributed by atoms with van der Waals surface area (Å²) in [7, 11) is 0. The molecule has 0 saturated heterocycles. The number of carbonyl (C=O) groups excluding carboxylic acids is 1. The third-order valence-electron chi connectivity index (χ3n) is 1.22. The second-order valence-corrected chi connectivity index (χ2v) is 1.94. The van der Waals surface area contributed by atoms with E-state index in [0.717, 1.165) is 0 Å². The fraction of sp³-hybridized carbons (Fsp3) is 0. The van der Waals surface area contributed by atoms with Crippen molar-refractivity contribution in [2.75, 3.05) is 0 Å². The van der Waals surface area contributed by atoms with E-state index in [-0.39, 0.29) is 11.4 Å². The van der Waals surface area contributed by atoms with Crippen molar-refractivity contribution in [1.29, 1.82) is 5.41 Å². The van der Waals surface area contributed by atoms with Gasteiger partial charge in [-0.2, -0.15) is 0 Å². The number of aromatic nitrogens is 1. The van der Waals surface area contributed by atoms with Crippen molar-refractivity contribution in [3.8, 4) is 0 Å². The monoisotopic (exact) mass is 148 g/mol. The summed E-state index contributed by atoms with van der Waals surface area (Å²) in [6, 6.07) is 1.50. The van der Waals surface area contributed by atoms with E-state index in [2.05, 4.69) is 4.98 Å². The highest BCUT2D eigenvalue weighted by atomic mass is 16.1. The number of hydrogen-bond acceptors (Lipinski definition) is 3. The minimum Gasteiger partial charge on any atom is -0.384 e. The van der Waals surface area contributed by atoms with E-state index in [1.54, 1.807) is 6.29 Å². The molecule has 0 atom stereocenters. The summed E-state index contributed by atoms with van der Waals surface area (Å²) in [6.45, 7) is 0. The van der Waals surface area contributed by atoms with Gasteiger partial charge in [-0.3, -0.25) is 15.2 Å². The molecule has 0 fully saturated rings. The molecular weight excluding hydrogens is 142 g/mol. The SMILES string of the molecule is N=C(N)c1ccncc1[C]=O. The molecule has 1 radical (unpaired) electrons. The van der Waals surface area contributed by atoms with Crippen molar-refractivity contribution >= 4 is 12.1 Å². The summed E-state index contributed by atoms with van der Waals surface area (Å²) in [6.07, 6.45) is 4.44. The first kappa shape index (κ1) is 7.40. The Hall–Kier alpha value is -1.71. The van der Waals surface area contributed by atoms with Crippen LogP contribution in [0, 0.1) is 5.41 Å². The number of nitrogens with zero attached hydrogens (tertiary/aromatic N) is 1. The molecule has 3 N–H and O–H groups in total. The Morgan fingerprint density at radius 1 is 1.73 bits per heavy atom. The van der Waals surface area contributed by atoms with Gasteiger partial charge >= 0.3 is 0 Å². The smallest absolute Gasteiger partial charge is 0.235 e. The van der Waals surface area contributed by atoms with Gasteiger partial charge < -0.3 is 5.73 Å². The van der Waals surface area contributed by atoms with Crippen LogP contribution >= 0.6 is 0 Å². The molecule has 1 aromatic rings. The number of amidine groups is 1. The Morgan fingerprint density at radius 3 is 2.91 bits per heavy atom. The van der Waals surface area contributed by atoms with Crippen LogP contribution in [0.5, 0.6) is 0 Å². The van der Waals surface area contributed by atoms with Crippen molar-refractivity contribution < 1.29 is 4.79 Å². The molecule has 55 valence electrons. The average molecular weight is 148 g/mol. The molecule has 0 amide bonds. The Balaban J connectivity index is 3.22. The molecule has 0 bridgehead atoms. The van der Waals surface area contributed by atoms with Gasteiger partial charge in [-0.25, -0.2) is 0 Å². The van der Waals surface area contributed by atoms with E-state index in [1.165, 1.54) is 18.5 Å². The van der Waals surface area contributed by atoms with Gasteiger partial charge in [0.2, 0.25) is 6.29 Å². The van der Waals surface area contributed by atoms with Gasteiger partial charge in [-0.15, -0.1) is 0 Å². The van der Waals surface area contributed by atoms with Crippen LogP contribution in [0.1, 0.15) is 11.1 Å². The van der Waals surface area contributed by atoms with E-state index in [1.807, 2.05) is 0 Å². The highest BCUT2D eigenvalue weighted by Crippen LogP contribution is 2.01. The van der Waals surface area contributed by atoms with Crippen LogP contribution in [-0.4, -0.2) is 17.1 Å². The van der Waals surface area contributed by atoms with Gasteiger partial charge in [0.05, 0.1) is 5.56 Å². The summed E-state index contributed by atoms with van der Waals surface area (Å²) in [5, 5.41) is 7.05. The zero-order valence-corrected chi connectivity index (χ0v) is 5.66. The molecule has 11 heavy (non-hydrogen) atoms. The third-order valence-corrected chi connectivity index (χ3v) is 1.22. The largest absolute Gasteiger partial charge is 0.384 e. The number of nitrogen functional groups attached to an aromatic ring is 1. The lowest BCUT2D eigenvalue weighted by Crippen LogP contribution is -2.13. The van der Waals surface area contributed by atoms with Crippen molar-refractivity contribution in [2.45, 2.75) is 0 Å². The molecular formula is C7H6N3O. The minimum atomic E-state index is -0.147. The highest BCUT2D eigenvalue weighted by Gasteiger charge is 2.02. The molecule has 0 aliphatic heterocycles. The lowest BCUT2D eigenvalue weighted by Gasteiger charge is -1.98. The molecule has 0 saturated carbocycles. The first-order valence-electron chi connectivity index (χ1n) is 2.92. The van der Waals surface area contributed by atoms with Gasteiger partial charge in [0, 0.05) is 18.0 Å². The fourth-order valence-corrected chi connectivity index (χ4v) is 0.711. The van der Waals surface area contributed by atoms with Crippen molar-refractivity contribution in [2.24, 2.45) is 5.73 Å². The van der Waals surface area contributed by atoms with Crippen LogP contribution in [-0.2, 0) is 4.79 Å². The molecule has 1 aromatic heterocycles. The molecule has 1 heterocycles. The Kier molecular flexibility index (Phi) is 1.96. The van der Waals surface area contributed by atoms with Crippen molar-refractivity contribution in [1.82, 2.24) is 4.98 Å². The molecule has 4 nitrogen and oxygen atoms in total. The molecule has 0 unspecified atom stereocenters. The molecule has 0 aliphatic carbocycles. The maximum atomic E-state index is 10.2. The maximum absolute atomic E-state index is 10.2. The van der Waals surface area contributed by atoms with Gasteiger partial charge in [-0.1, -0.05) is 0 Å². The standard InChI is InChI=1S/C7H6N3O/c8-7(9)6-1-2-10-3-5(6)4-11/h1-3H,(H3,8,9). The van der Waals surface area contributed by atoms with E-state index < -0.39 is 0 Å². The predicted molar refractivity (Wildman–Crippen MR) is 40.0 cm³/mol. The number of rotatable bonds is 2. The summed E-state index contributed by atoms with van der Waals surface area (Å²) in [4.78, 5) is 13.9. The lowest BCUT2D eigenvalue weighted by molar-refractivity contribution is 0.562. The van der Waals surface area contributed by atoms with Crippen LogP contribution in [0.4, 0.5) is 0 Å². The topological polar surface area (TPSA) is 79.8 Å². The van der Waals surface area contributed by atoms with E-state index in [0.29, 0.717) is 5.56 Å². The third kappa shape index (κ3) is 1.40. The fourth-order valence-electron chi connectivity index (χ4n) is 0.711. The van der Waals surface area contributed by atoms with Crippen LogP contribution in [0.15, 0.2) is 18.5 Å². The summed E-state index contributed by atoms with van der Waals surface area (Å²) in [5.41, 5.74) is 5.76.